The highest BCUT2D eigenvalue weighted by atomic mass is 19.1. The molecule has 1 saturated heterocycles. The van der Waals surface area contributed by atoms with Crippen molar-refractivity contribution < 1.29 is 23.1 Å². The molecule has 3 aromatic rings. The second kappa shape index (κ2) is 11.8. The third-order valence-electron chi connectivity index (χ3n) is 7.13. The van der Waals surface area contributed by atoms with Crippen LogP contribution in [0.1, 0.15) is 62.3 Å². The molecule has 1 saturated carbocycles. The first-order valence-corrected chi connectivity index (χ1v) is 13.3. The Morgan fingerprint density at radius 3 is 2.58 bits per heavy atom. The number of aromatic nitrogens is 4. The van der Waals surface area contributed by atoms with Gasteiger partial charge in [-0.2, -0.15) is 4.80 Å². The fourth-order valence-corrected chi connectivity index (χ4v) is 5.18. The smallest absolute Gasteiger partial charge is 0.247 e. The number of aryl methyl sites for hydroxylation is 1. The van der Waals surface area contributed by atoms with E-state index in [0.717, 1.165) is 44.9 Å². The molecule has 0 unspecified atom stereocenters. The number of nitrogens with one attached hydrogen (secondary N) is 1. The average Bonchev–Trinajstić information content (AvgIpc) is 3.68. The number of carbonyl (C=O) groups excluding carboxylic acids is 2. The van der Waals surface area contributed by atoms with Gasteiger partial charge in [0.05, 0.1) is 6.10 Å². The van der Waals surface area contributed by atoms with Crippen molar-refractivity contribution in [1.82, 2.24) is 30.4 Å². The fourth-order valence-electron chi connectivity index (χ4n) is 5.18. The summed E-state index contributed by atoms with van der Waals surface area (Å²) in [6.45, 7) is 2.42. The molecular weight excluding hydrogens is 491 g/mol. The van der Waals surface area contributed by atoms with E-state index >= 15 is 0 Å². The first-order chi connectivity index (χ1) is 18.5. The van der Waals surface area contributed by atoms with Crippen molar-refractivity contribution in [3.05, 3.63) is 53.5 Å². The minimum absolute atomic E-state index is 0.0511. The summed E-state index contributed by atoms with van der Waals surface area (Å²) < 4.78 is 25.2. The molecule has 1 N–H and O–H groups in total. The molecule has 1 aromatic carbocycles. The summed E-state index contributed by atoms with van der Waals surface area (Å²) in [5, 5.41) is 15.5. The lowest BCUT2D eigenvalue weighted by atomic mass is 9.94. The third-order valence-corrected chi connectivity index (χ3v) is 7.13. The normalized spacial score (nSPS) is 18.8. The molecule has 11 heteroatoms. The molecule has 2 amide bonds. The van der Waals surface area contributed by atoms with Crippen molar-refractivity contribution in [3.63, 3.8) is 0 Å². The number of hydrogen-bond acceptors (Lipinski definition) is 7. The molecule has 2 aromatic heterocycles. The summed E-state index contributed by atoms with van der Waals surface area (Å²) in [6, 6.07) is 8.36. The van der Waals surface area contributed by atoms with Crippen LogP contribution in [-0.2, 0) is 20.9 Å². The Balaban J connectivity index is 1.42. The van der Waals surface area contributed by atoms with Crippen LogP contribution in [0, 0.1) is 12.7 Å². The van der Waals surface area contributed by atoms with Gasteiger partial charge < -0.3 is 19.4 Å². The quantitative estimate of drug-likeness (QED) is 0.455. The van der Waals surface area contributed by atoms with Crippen molar-refractivity contribution in [3.8, 4) is 11.6 Å². The van der Waals surface area contributed by atoms with E-state index in [1.165, 1.54) is 21.8 Å². The van der Waals surface area contributed by atoms with Crippen LogP contribution in [0.2, 0.25) is 0 Å². The summed E-state index contributed by atoms with van der Waals surface area (Å²) in [5.74, 6) is 0.363. The van der Waals surface area contributed by atoms with Crippen molar-refractivity contribution in [2.75, 3.05) is 13.2 Å². The summed E-state index contributed by atoms with van der Waals surface area (Å²) in [5.41, 5.74) is 0.532. The van der Waals surface area contributed by atoms with Crippen LogP contribution in [-0.4, -0.2) is 62.2 Å². The van der Waals surface area contributed by atoms with E-state index in [1.807, 2.05) is 6.92 Å². The Morgan fingerprint density at radius 1 is 1.11 bits per heavy atom. The topological polar surface area (TPSA) is 115 Å². The summed E-state index contributed by atoms with van der Waals surface area (Å²) >= 11 is 0. The molecule has 1 aliphatic heterocycles. The van der Waals surface area contributed by atoms with Crippen LogP contribution < -0.4 is 5.32 Å². The maximum Gasteiger partial charge on any atom is 0.247 e. The first kappa shape index (κ1) is 26.0. The molecule has 2 atom stereocenters. The zero-order chi connectivity index (χ0) is 26.5. The molecule has 5 rings (SSSR count). The molecule has 2 fully saturated rings. The van der Waals surface area contributed by atoms with Crippen molar-refractivity contribution in [1.29, 1.82) is 0 Å². The maximum atomic E-state index is 13.8. The molecule has 0 spiro atoms. The van der Waals surface area contributed by atoms with E-state index in [1.54, 1.807) is 24.3 Å². The van der Waals surface area contributed by atoms with Gasteiger partial charge in [-0.25, -0.2) is 4.39 Å². The van der Waals surface area contributed by atoms with Gasteiger partial charge in [0.2, 0.25) is 17.6 Å². The van der Waals surface area contributed by atoms with Crippen LogP contribution in [0.5, 0.6) is 0 Å². The SMILES string of the molecule is Cc1ccc(-c2nnn(CC(=O)N(C[C@H]3CCCO3)[C@@H](C(=O)NC3CCCCC3)c3ccc(F)cc3)n2)o1. The molecular formula is C27H33FN6O4. The second-order valence-electron chi connectivity index (χ2n) is 10.0. The van der Waals surface area contributed by atoms with Crippen molar-refractivity contribution >= 4 is 11.8 Å². The van der Waals surface area contributed by atoms with E-state index in [0.29, 0.717) is 23.7 Å². The van der Waals surface area contributed by atoms with Crippen LogP contribution in [0.15, 0.2) is 40.8 Å². The van der Waals surface area contributed by atoms with Gasteiger partial charge in [0.25, 0.3) is 0 Å². The number of carbonyl (C=O) groups is 2. The number of halogens is 1. The summed E-state index contributed by atoms with van der Waals surface area (Å²) in [6.07, 6.45) is 6.54. The highest BCUT2D eigenvalue weighted by Gasteiger charge is 2.35. The van der Waals surface area contributed by atoms with Crippen LogP contribution in [0.4, 0.5) is 4.39 Å². The minimum Gasteiger partial charge on any atom is -0.458 e. The van der Waals surface area contributed by atoms with Gasteiger partial charge in [-0.15, -0.1) is 10.2 Å². The zero-order valence-corrected chi connectivity index (χ0v) is 21.5. The van der Waals surface area contributed by atoms with Gasteiger partial charge in [0.15, 0.2) is 5.76 Å². The van der Waals surface area contributed by atoms with Gasteiger partial charge in [0.1, 0.15) is 24.2 Å². The molecule has 10 nitrogen and oxygen atoms in total. The molecule has 0 bridgehead atoms. The lowest BCUT2D eigenvalue weighted by Crippen LogP contribution is -2.50. The number of ether oxygens (including phenoxy) is 1. The van der Waals surface area contributed by atoms with E-state index in [4.69, 9.17) is 9.15 Å². The summed E-state index contributed by atoms with van der Waals surface area (Å²) in [4.78, 5) is 30.3. The molecule has 3 heterocycles. The average molecular weight is 525 g/mol. The predicted octanol–water partition coefficient (Wildman–Crippen LogP) is 3.58. The Kier molecular flexibility index (Phi) is 8.11. The first-order valence-electron chi connectivity index (χ1n) is 13.3. The van der Waals surface area contributed by atoms with Gasteiger partial charge in [-0.05, 0) is 67.6 Å². The van der Waals surface area contributed by atoms with E-state index in [-0.39, 0.29) is 42.9 Å². The monoisotopic (exact) mass is 524 g/mol. The molecule has 202 valence electrons. The third kappa shape index (κ3) is 6.27. The Bertz CT molecular complexity index is 1230. The number of benzene rings is 1. The number of tetrazole rings is 1. The Morgan fingerprint density at radius 2 is 1.89 bits per heavy atom. The second-order valence-corrected chi connectivity index (χ2v) is 10.0. The lowest BCUT2D eigenvalue weighted by Gasteiger charge is -2.34. The Labute approximate surface area is 220 Å². The lowest BCUT2D eigenvalue weighted by molar-refractivity contribution is -0.143. The van der Waals surface area contributed by atoms with Crippen LogP contribution in [0.3, 0.4) is 0 Å². The number of nitrogens with zero attached hydrogens (tertiary/aromatic N) is 5. The molecule has 1 aliphatic carbocycles. The number of amides is 2. The van der Waals surface area contributed by atoms with Gasteiger partial charge in [-0.1, -0.05) is 31.4 Å². The number of hydrogen-bond donors (Lipinski definition) is 1. The molecule has 38 heavy (non-hydrogen) atoms. The van der Waals surface area contributed by atoms with Crippen molar-refractivity contribution in [2.24, 2.45) is 0 Å². The zero-order valence-electron chi connectivity index (χ0n) is 21.5. The van der Waals surface area contributed by atoms with Crippen LogP contribution >= 0.6 is 0 Å². The molecule has 0 radical (unpaired) electrons. The predicted molar refractivity (Wildman–Crippen MR) is 135 cm³/mol. The highest BCUT2D eigenvalue weighted by molar-refractivity contribution is 5.89. The van der Waals surface area contributed by atoms with Crippen molar-refractivity contribution in [2.45, 2.75) is 76.6 Å². The molecule has 2 aliphatic rings. The number of furan rings is 1. The van der Waals surface area contributed by atoms with E-state index in [2.05, 4.69) is 20.7 Å². The van der Waals surface area contributed by atoms with Crippen LogP contribution in [0.25, 0.3) is 11.6 Å². The number of rotatable bonds is 9. The standard InChI is InChI=1S/C27H33FN6O4/c1-18-9-14-23(38-18)26-30-32-34(31-26)17-24(35)33(16-22-8-5-15-37-22)25(19-10-12-20(28)13-11-19)27(36)29-21-6-3-2-4-7-21/h9-14,21-22,25H,2-8,15-17H2,1H3,(H,29,36)/t22-,25-/m1/s1. The maximum absolute atomic E-state index is 13.8. The van der Waals surface area contributed by atoms with Gasteiger partial charge in [-0.3, -0.25) is 9.59 Å². The largest absolute Gasteiger partial charge is 0.458 e. The van der Waals surface area contributed by atoms with E-state index in [9.17, 15) is 14.0 Å². The van der Waals surface area contributed by atoms with E-state index < -0.39 is 11.9 Å². The Hall–Kier alpha value is -3.60. The highest BCUT2D eigenvalue weighted by Crippen LogP contribution is 2.27. The van der Waals surface area contributed by atoms with Gasteiger partial charge >= 0.3 is 0 Å². The van der Waals surface area contributed by atoms with Gasteiger partial charge in [0, 0.05) is 19.2 Å². The fraction of sp³-hybridized carbons (Fsp3) is 0.519. The summed E-state index contributed by atoms with van der Waals surface area (Å²) in [7, 11) is 0. The minimum atomic E-state index is -0.954.